The normalized spacial score (nSPS) is 20.4. The summed E-state index contributed by atoms with van der Waals surface area (Å²) in [5.41, 5.74) is 0.981. The number of methoxy groups -OCH3 is 1. The van der Waals surface area contributed by atoms with Crippen molar-refractivity contribution in [3.63, 3.8) is 0 Å². The van der Waals surface area contributed by atoms with Crippen molar-refractivity contribution in [2.75, 3.05) is 58.2 Å². The molecule has 1 fully saturated rings. The van der Waals surface area contributed by atoms with Crippen LogP contribution in [0, 0.1) is 0 Å². The Kier molecular flexibility index (Phi) is 8.28. The third-order valence-electron chi connectivity index (χ3n) is 4.61. The summed E-state index contributed by atoms with van der Waals surface area (Å²) in [5.74, 6) is 0.850. The number of thiocarbonyl (C=S) groups is 1. The molecule has 4 N–H and O–H groups in total. The van der Waals surface area contributed by atoms with E-state index in [1.807, 2.05) is 24.3 Å². The summed E-state index contributed by atoms with van der Waals surface area (Å²) in [6, 6.07) is 7.78. The number of anilines is 1. The zero-order valence-electron chi connectivity index (χ0n) is 15.0. The lowest BCUT2D eigenvalue weighted by molar-refractivity contribution is -1.01. The number of benzene rings is 1. The van der Waals surface area contributed by atoms with E-state index in [0.717, 1.165) is 24.4 Å². The van der Waals surface area contributed by atoms with Crippen molar-refractivity contribution in [1.82, 2.24) is 5.32 Å². The molecule has 6 heteroatoms. The molecule has 0 saturated carbocycles. The highest BCUT2D eigenvalue weighted by molar-refractivity contribution is 7.80. The highest BCUT2D eigenvalue weighted by atomic mass is 32.1. The predicted molar refractivity (Wildman–Crippen MR) is 103 cm³/mol. The van der Waals surface area contributed by atoms with E-state index in [1.165, 1.54) is 45.7 Å². The van der Waals surface area contributed by atoms with Crippen LogP contribution in [0.2, 0.25) is 0 Å². The van der Waals surface area contributed by atoms with Crippen molar-refractivity contribution in [3.05, 3.63) is 24.3 Å². The second-order valence-electron chi connectivity index (χ2n) is 6.46. The second kappa shape index (κ2) is 10.5. The van der Waals surface area contributed by atoms with Crippen LogP contribution in [-0.2, 0) is 0 Å². The van der Waals surface area contributed by atoms with Gasteiger partial charge >= 0.3 is 0 Å². The Morgan fingerprint density at radius 1 is 1.08 bits per heavy atom. The van der Waals surface area contributed by atoms with Gasteiger partial charge in [-0.25, -0.2) is 0 Å². The first-order chi connectivity index (χ1) is 11.7. The lowest BCUT2D eigenvalue weighted by atomic mass is 10.2. The Labute approximate surface area is 151 Å². The summed E-state index contributed by atoms with van der Waals surface area (Å²) >= 11 is 5.35. The van der Waals surface area contributed by atoms with E-state index in [1.54, 1.807) is 16.9 Å². The SMILES string of the molecule is CCC[NH+]1CC[NH+](CCCNC(=S)Nc2ccc(OC)cc2)CC1. The van der Waals surface area contributed by atoms with Crippen molar-refractivity contribution in [3.8, 4) is 5.75 Å². The Morgan fingerprint density at radius 2 is 1.71 bits per heavy atom. The summed E-state index contributed by atoms with van der Waals surface area (Å²) in [5, 5.41) is 7.19. The van der Waals surface area contributed by atoms with E-state index < -0.39 is 0 Å². The molecule has 0 aromatic heterocycles. The van der Waals surface area contributed by atoms with Crippen LogP contribution in [0.15, 0.2) is 24.3 Å². The maximum Gasteiger partial charge on any atom is 0.170 e. The van der Waals surface area contributed by atoms with Gasteiger partial charge in [0.05, 0.1) is 20.2 Å². The molecule has 1 aromatic carbocycles. The number of quaternary nitrogens is 2. The quantitative estimate of drug-likeness (QED) is 0.379. The summed E-state index contributed by atoms with van der Waals surface area (Å²) in [4.78, 5) is 3.52. The van der Waals surface area contributed by atoms with Crippen molar-refractivity contribution < 1.29 is 14.5 Å². The maximum absolute atomic E-state index is 5.35. The minimum absolute atomic E-state index is 0.687. The van der Waals surface area contributed by atoms with Crippen LogP contribution in [0.25, 0.3) is 0 Å². The molecule has 0 amide bonds. The van der Waals surface area contributed by atoms with Crippen LogP contribution in [0.3, 0.4) is 0 Å². The van der Waals surface area contributed by atoms with E-state index >= 15 is 0 Å². The molecule has 24 heavy (non-hydrogen) atoms. The molecule has 2 rings (SSSR count). The summed E-state index contributed by atoms with van der Waals surface area (Å²) in [7, 11) is 1.67. The minimum atomic E-state index is 0.687. The molecule has 0 unspecified atom stereocenters. The topological polar surface area (TPSA) is 42.2 Å². The minimum Gasteiger partial charge on any atom is -0.497 e. The molecule has 1 aromatic rings. The van der Waals surface area contributed by atoms with Gasteiger partial charge in [0.2, 0.25) is 0 Å². The fraction of sp³-hybridized carbons (Fsp3) is 0.611. The van der Waals surface area contributed by atoms with Gasteiger partial charge in [-0.2, -0.15) is 0 Å². The van der Waals surface area contributed by atoms with Gasteiger partial charge in [0.15, 0.2) is 5.11 Å². The molecule has 0 spiro atoms. The van der Waals surface area contributed by atoms with Gasteiger partial charge in [0, 0.05) is 18.7 Å². The smallest absolute Gasteiger partial charge is 0.170 e. The zero-order chi connectivity index (χ0) is 17.2. The van der Waals surface area contributed by atoms with Crippen molar-refractivity contribution in [2.24, 2.45) is 0 Å². The van der Waals surface area contributed by atoms with E-state index in [4.69, 9.17) is 17.0 Å². The fourth-order valence-electron chi connectivity index (χ4n) is 3.20. The number of nitrogens with one attached hydrogen (secondary N) is 4. The number of hydrogen-bond acceptors (Lipinski definition) is 2. The molecule has 0 atom stereocenters. The fourth-order valence-corrected chi connectivity index (χ4v) is 3.42. The van der Waals surface area contributed by atoms with Gasteiger partial charge in [0.1, 0.15) is 31.9 Å². The van der Waals surface area contributed by atoms with Gasteiger partial charge in [-0.05, 0) is 42.9 Å². The second-order valence-corrected chi connectivity index (χ2v) is 6.87. The first kappa shape index (κ1) is 19.0. The van der Waals surface area contributed by atoms with E-state index in [-0.39, 0.29) is 0 Å². The first-order valence-electron chi connectivity index (χ1n) is 9.07. The monoisotopic (exact) mass is 352 g/mol. The summed E-state index contributed by atoms with van der Waals surface area (Å²) in [6.07, 6.45) is 2.45. The van der Waals surface area contributed by atoms with Crippen LogP contribution in [0.5, 0.6) is 5.75 Å². The predicted octanol–water partition coefficient (Wildman–Crippen LogP) is -0.435. The van der Waals surface area contributed by atoms with Gasteiger partial charge in [-0.1, -0.05) is 6.92 Å². The van der Waals surface area contributed by atoms with Gasteiger partial charge in [-0.3, -0.25) is 0 Å². The Balaban J connectivity index is 1.56. The van der Waals surface area contributed by atoms with Crippen molar-refractivity contribution >= 4 is 23.0 Å². The molecular formula is C18H32N4OS+2. The van der Waals surface area contributed by atoms with Crippen LogP contribution in [0.4, 0.5) is 5.69 Å². The molecule has 134 valence electrons. The number of rotatable bonds is 8. The molecule has 1 saturated heterocycles. The van der Waals surface area contributed by atoms with E-state index in [2.05, 4.69) is 17.6 Å². The lowest BCUT2D eigenvalue weighted by Crippen LogP contribution is -3.28. The Hall–Kier alpha value is -1.37. The van der Waals surface area contributed by atoms with Crippen LogP contribution in [0.1, 0.15) is 19.8 Å². The van der Waals surface area contributed by atoms with Crippen LogP contribution >= 0.6 is 12.2 Å². The maximum atomic E-state index is 5.35. The summed E-state index contributed by atoms with van der Waals surface area (Å²) in [6.45, 7) is 11.0. The standard InChI is InChI=1S/C18H30N4OS/c1-3-10-21-12-14-22(15-13-21)11-4-9-19-18(24)20-16-5-7-17(23-2)8-6-16/h5-8H,3-4,9-15H2,1-2H3,(H2,19,20,24)/p+2. The average molecular weight is 353 g/mol. The molecule has 0 aliphatic carbocycles. The average Bonchev–Trinajstić information content (AvgIpc) is 2.61. The molecule has 0 bridgehead atoms. The molecule has 1 heterocycles. The molecule has 5 nitrogen and oxygen atoms in total. The largest absolute Gasteiger partial charge is 0.497 e. The molecule has 0 radical (unpaired) electrons. The highest BCUT2D eigenvalue weighted by Gasteiger charge is 2.21. The van der Waals surface area contributed by atoms with E-state index in [0.29, 0.717) is 5.11 Å². The molecule has 1 aliphatic heterocycles. The van der Waals surface area contributed by atoms with Crippen LogP contribution < -0.4 is 25.2 Å². The van der Waals surface area contributed by atoms with Crippen molar-refractivity contribution in [2.45, 2.75) is 19.8 Å². The number of hydrogen-bond donors (Lipinski definition) is 4. The summed E-state index contributed by atoms with van der Waals surface area (Å²) < 4.78 is 5.15. The Morgan fingerprint density at radius 3 is 2.29 bits per heavy atom. The molecular weight excluding hydrogens is 320 g/mol. The molecule has 1 aliphatic rings. The van der Waals surface area contributed by atoms with Gasteiger partial charge in [-0.15, -0.1) is 0 Å². The number of ether oxygens (including phenoxy) is 1. The Bertz CT molecular complexity index is 486. The van der Waals surface area contributed by atoms with Gasteiger partial charge in [0.25, 0.3) is 0 Å². The first-order valence-corrected chi connectivity index (χ1v) is 9.48. The highest BCUT2D eigenvalue weighted by Crippen LogP contribution is 2.14. The zero-order valence-corrected chi connectivity index (χ0v) is 15.8. The van der Waals surface area contributed by atoms with Crippen LogP contribution in [-0.4, -0.2) is 58.0 Å². The third-order valence-corrected chi connectivity index (χ3v) is 4.85. The third kappa shape index (κ3) is 6.63. The number of piperazine rings is 1. The van der Waals surface area contributed by atoms with Crippen molar-refractivity contribution in [1.29, 1.82) is 0 Å². The van der Waals surface area contributed by atoms with Gasteiger partial charge < -0.3 is 25.2 Å². The van der Waals surface area contributed by atoms with E-state index in [9.17, 15) is 0 Å². The lowest BCUT2D eigenvalue weighted by Gasteiger charge is -2.29.